The fourth-order valence-electron chi connectivity index (χ4n) is 8.84. The molecule has 46 heavy (non-hydrogen) atoms. The quantitative estimate of drug-likeness (QED) is 0.0833. The van der Waals surface area contributed by atoms with E-state index < -0.39 is 30.4 Å². The van der Waals surface area contributed by atoms with Crippen LogP contribution in [0.1, 0.15) is 121 Å². The minimum Gasteiger partial charge on any atom is -0.497 e. The second kappa shape index (κ2) is 15.8. The van der Waals surface area contributed by atoms with Gasteiger partial charge in [-0.1, -0.05) is 44.4 Å². The third kappa shape index (κ3) is 8.46. The molecule has 3 aliphatic carbocycles. The summed E-state index contributed by atoms with van der Waals surface area (Å²) in [6.07, 6.45) is 8.16. The van der Waals surface area contributed by atoms with E-state index in [1.807, 2.05) is 0 Å². The summed E-state index contributed by atoms with van der Waals surface area (Å²) in [5.74, 6) is -2.87. The molecule has 4 rings (SSSR count). The number of esters is 1. The van der Waals surface area contributed by atoms with Gasteiger partial charge in [-0.05, 0) is 130 Å². The van der Waals surface area contributed by atoms with Crippen LogP contribution in [0, 0.1) is 29.1 Å². The molecular weight excluding hydrogens is 603 g/mol. The summed E-state index contributed by atoms with van der Waals surface area (Å²) in [5.41, 5.74) is 2.88. The average Bonchev–Trinajstić information content (AvgIpc) is 3.31. The van der Waals surface area contributed by atoms with Crippen LogP contribution < -0.4 is 4.74 Å². The lowest BCUT2D eigenvalue weighted by molar-refractivity contribution is -0.284. The Bertz CT molecular complexity index is 1170. The molecule has 0 aliphatic heterocycles. The van der Waals surface area contributed by atoms with E-state index in [0.29, 0.717) is 36.5 Å². The fraction of sp³-hybridized carbons (Fsp3) is 0.757. The Hall–Kier alpha value is -2.16. The molecule has 0 bridgehead atoms. The molecule has 3 aliphatic rings. The van der Waals surface area contributed by atoms with Crippen molar-refractivity contribution in [3.63, 3.8) is 0 Å². The molecular formula is C37H53F5O4. The number of carbonyl (C=O) groups is 1. The molecule has 1 N–H and O–H groups in total. The van der Waals surface area contributed by atoms with Gasteiger partial charge >= 0.3 is 18.1 Å². The lowest BCUT2D eigenvalue weighted by atomic mass is 9.52. The zero-order chi connectivity index (χ0) is 33.5. The van der Waals surface area contributed by atoms with Crippen LogP contribution in [0.2, 0.25) is 0 Å². The van der Waals surface area contributed by atoms with Crippen molar-refractivity contribution >= 4 is 5.97 Å². The van der Waals surface area contributed by atoms with Crippen molar-refractivity contribution in [2.45, 2.75) is 134 Å². The van der Waals surface area contributed by atoms with Gasteiger partial charge in [-0.3, -0.25) is 4.79 Å². The number of benzene rings is 1. The number of carbonyl (C=O) groups excluding carboxylic acids is 1. The van der Waals surface area contributed by atoms with E-state index in [4.69, 9.17) is 9.47 Å². The molecule has 2 fully saturated rings. The van der Waals surface area contributed by atoms with Crippen molar-refractivity contribution in [1.29, 1.82) is 0 Å². The molecule has 4 unspecified atom stereocenters. The van der Waals surface area contributed by atoms with Crippen molar-refractivity contribution in [3.8, 4) is 5.75 Å². The number of alkyl halides is 5. The first kappa shape index (κ1) is 36.7. The standard InChI is InChI=1S/C37H53F5O4/c1-4-46-34(44)25(15-12-21-36(38,39)37(40,41)42)13-10-8-6-5-7-9-11-14-26-23-27-24-28(45-3)16-17-29(27)30-20-22-35(2)31(33(26)30)18-19-32(35)43/h9,11,16-17,24-26,30-33,43H,4-8,10,12-15,18-23H2,1-3H3/t25?,26-,30?,31?,32+,33?,35+/m1/s1. The van der Waals surface area contributed by atoms with Crippen molar-refractivity contribution in [2.75, 3.05) is 13.7 Å². The minimum absolute atomic E-state index is 0.00748. The molecule has 0 amide bonds. The molecule has 260 valence electrons. The Labute approximate surface area is 271 Å². The van der Waals surface area contributed by atoms with E-state index >= 15 is 0 Å². The largest absolute Gasteiger partial charge is 0.497 e. The van der Waals surface area contributed by atoms with E-state index in [9.17, 15) is 31.9 Å². The number of fused-ring (bicyclic) bond motifs is 5. The van der Waals surface area contributed by atoms with Crippen molar-refractivity contribution in [1.82, 2.24) is 0 Å². The number of aliphatic hydroxyl groups is 1. The number of ether oxygens (including phenoxy) is 2. The molecule has 1 aromatic rings. The third-order valence-electron chi connectivity index (χ3n) is 11.4. The van der Waals surface area contributed by atoms with Gasteiger partial charge in [0, 0.05) is 6.42 Å². The van der Waals surface area contributed by atoms with Crippen molar-refractivity contribution < 1.29 is 41.3 Å². The van der Waals surface area contributed by atoms with E-state index in [0.717, 1.165) is 70.0 Å². The molecule has 0 spiro atoms. The monoisotopic (exact) mass is 656 g/mol. The highest BCUT2D eigenvalue weighted by atomic mass is 19.4. The lowest BCUT2D eigenvalue weighted by Crippen LogP contribution is -2.47. The Morgan fingerprint density at radius 2 is 1.78 bits per heavy atom. The van der Waals surface area contributed by atoms with Gasteiger partial charge in [-0.2, -0.15) is 22.0 Å². The number of hydrogen-bond acceptors (Lipinski definition) is 4. The maximum Gasteiger partial charge on any atom is 0.453 e. The zero-order valence-corrected chi connectivity index (χ0v) is 27.7. The van der Waals surface area contributed by atoms with Gasteiger partial charge in [0.05, 0.1) is 25.7 Å². The number of methoxy groups -OCH3 is 1. The number of halogens is 5. The molecule has 0 heterocycles. The molecule has 7 atom stereocenters. The van der Waals surface area contributed by atoms with Crippen molar-refractivity contribution in [2.24, 2.45) is 29.1 Å². The highest BCUT2D eigenvalue weighted by Gasteiger charge is 2.57. The SMILES string of the molecule is CCOC(=O)C(CCCCCCC=CC[C@@H]1Cc2cc(OC)ccc2C2CC[C@@]3(C)C(CC[C@@H]3O)C21)CCCC(F)(F)C(F)(F)F. The number of hydrogen-bond donors (Lipinski definition) is 1. The van der Waals surface area contributed by atoms with E-state index in [2.05, 4.69) is 37.3 Å². The highest BCUT2D eigenvalue weighted by Crippen LogP contribution is 2.62. The predicted molar refractivity (Wildman–Crippen MR) is 169 cm³/mol. The van der Waals surface area contributed by atoms with Gasteiger partial charge in [-0.25, -0.2) is 0 Å². The minimum atomic E-state index is -5.57. The maximum absolute atomic E-state index is 13.3. The average molecular weight is 657 g/mol. The Morgan fingerprint density at radius 1 is 1.04 bits per heavy atom. The summed E-state index contributed by atoms with van der Waals surface area (Å²) < 4.78 is 74.7. The first-order valence-corrected chi connectivity index (χ1v) is 17.4. The van der Waals surface area contributed by atoms with Gasteiger partial charge < -0.3 is 14.6 Å². The predicted octanol–water partition coefficient (Wildman–Crippen LogP) is 9.97. The van der Waals surface area contributed by atoms with Crippen molar-refractivity contribution in [3.05, 3.63) is 41.5 Å². The summed E-state index contributed by atoms with van der Waals surface area (Å²) in [7, 11) is 1.71. The molecule has 4 nitrogen and oxygen atoms in total. The van der Waals surface area contributed by atoms with E-state index in [1.165, 1.54) is 11.1 Å². The number of unbranched alkanes of at least 4 members (excludes halogenated alkanes) is 4. The van der Waals surface area contributed by atoms with Crippen LogP contribution in [0.5, 0.6) is 5.75 Å². The summed E-state index contributed by atoms with van der Waals surface area (Å²) in [5, 5.41) is 10.9. The van der Waals surface area contributed by atoms with Gasteiger partial charge in [0.25, 0.3) is 0 Å². The van der Waals surface area contributed by atoms with Gasteiger partial charge in [-0.15, -0.1) is 0 Å². The summed E-state index contributed by atoms with van der Waals surface area (Å²) in [4.78, 5) is 12.3. The van der Waals surface area contributed by atoms with Crippen LogP contribution in [0.15, 0.2) is 30.4 Å². The summed E-state index contributed by atoms with van der Waals surface area (Å²) in [6, 6.07) is 6.57. The number of rotatable bonds is 16. The van der Waals surface area contributed by atoms with E-state index in [-0.39, 0.29) is 31.0 Å². The topological polar surface area (TPSA) is 55.8 Å². The first-order valence-electron chi connectivity index (χ1n) is 17.4. The Morgan fingerprint density at radius 3 is 2.50 bits per heavy atom. The second-order valence-corrected chi connectivity index (χ2v) is 14.2. The smallest absolute Gasteiger partial charge is 0.453 e. The van der Waals surface area contributed by atoms with Gasteiger partial charge in [0.15, 0.2) is 0 Å². The Kier molecular flexibility index (Phi) is 12.6. The van der Waals surface area contributed by atoms with E-state index in [1.54, 1.807) is 14.0 Å². The van der Waals surface area contributed by atoms with Crippen LogP contribution >= 0.6 is 0 Å². The fourth-order valence-corrected chi connectivity index (χ4v) is 8.84. The molecule has 2 saturated carbocycles. The van der Waals surface area contributed by atoms with Gasteiger partial charge in [0.2, 0.25) is 0 Å². The van der Waals surface area contributed by atoms with Crippen LogP contribution in [-0.4, -0.2) is 43.0 Å². The summed E-state index contributed by atoms with van der Waals surface area (Å²) >= 11 is 0. The second-order valence-electron chi connectivity index (χ2n) is 14.2. The first-order chi connectivity index (χ1) is 21.8. The molecule has 0 saturated heterocycles. The van der Waals surface area contributed by atoms with Gasteiger partial charge in [0.1, 0.15) is 5.75 Å². The Balaban J connectivity index is 1.24. The molecule has 1 aromatic carbocycles. The normalized spacial score (nSPS) is 28.4. The molecule has 0 aromatic heterocycles. The molecule has 9 heteroatoms. The zero-order valence-electron chi connectivity index (χ0n) is 27.7. The summed E-state index contributed by atoms with van der Waals surface area (Å²) in [6.45, 7) is 4.10. The third-order valence-corrected chi connectivity index (χ3v) is 11.4. The lowest BCUT2D eigenvalue weighted by Gasteiger charge is -2.53. The molecule has 0 radical (unpaired) electrons. The number of allylic oxidation sites excluding steroid dienone is 2. The van der Waals surface area contributed by atoms with Crippen LogP contribution in [0.3, 0.4) is 0 Å². The number of aliphatic hydroxyl groups excluding tert-OH is 1. The maximum atomic E-state index is 13.3. The van der Waals surface area contributed by atoms with Crippen LogP contribution in [0.25, 0.3) is 0 Å². The van der Waals surface area contributed by atoms with Crippen LogP contribution in [0.4, 0.5) is 22.0 Å². The van der Waals surface area contributed by atoms with Crippen LogP contribution in [-0.2, 0) is 16.0 Å². The highest BCUT2D eigenvalue weighted by molar-refractivity contribution is 5.72.